The van der Waals surface area contributed by atoms with Gasteiger partial charge in [-0.05, 0) is 18.6 Å². The number of carbonyl (C=O) groups excluding carboxylic acids is 1. The molecule has 5 heteroatoms. The highest BCUT2D eigenvalue weighted by molar-refractivity contribution is 5.86. The number of aliphatic hydroxyl groups excluding tert-OH is 1. The summed E-state index contributed by atoms with van der Waals surface area (Å²) in [5.74, 6) is -0.00150. The van der Waals surface area contributed by atoms with Gasteiger partial charge in [-0.2, -0.15) is 0 Å². The Morgan fingerprint density at radius 3 is 2.78 bits per heavy atom. The van der Waals surface area contributed by atoms with E-state index in [2.05, 4.69) is 0 Å². The standard InChI is InChI=1S/C13H15NO4/c15-7-13-4-10(13)12(18)14(6-13)5-8-1-2-9(16)3-11(8)17/h1-3,10,15-17H,4-7H2. The van der Waals surface area contributed by atoms with Crippen molar-refractivity contribution in [2.24, 2.45) is 11.3 Å². The molecule has 3 N–H and O–H groups in total. The lowest BCUT2D eigenvalue weighted by Crippen LogP contribution is -2.29. The fourth-order valence-electron chi connectivity index (χ4n) is 2.80. The van der Waals surface area contributed by atoms with E-state index in [1.54, 1.807) is 11.0 Å². The van der Waals surface area contributed by atoms with Crippen molar-refractivity contribution in [1.29, 1.82) is 0 Å². The minimum Gasteiger partial charge on any atom is -0.508 e. The third kappa shape index (κ3) is 1.54. The number of piperidine rings is 1. The van der Waals surface area contributed by atoms with Crippen LogP contribution in [0.4, 0.5) is 0 Å². The van der Waals surface area contributed by atoms with Gasteiger partial charge in [-0.25, -0.2) is 0 Å². The number of amides is 1. The first-order chi connectivity index (χ1) is 8.55. The highest BCUT2D eigenvalue weighted by Crippen LogP contribution is 2.58. The molecule has 1 saturated heterocycles. The largest absolute Gasteiger partial charge is 0.508 e. The molecule has 96 valence electrons. The first kappa shape index (κ1) is 11.3. The highest BCUT2D eigenvalue weighted by Gasteiger charge is 2.64. The third-order valence-corrected chi connectivity index (χ3v) is 4.05. The number of fused-ring (bicyclic) bond motifs is 1. The number of hydrogen-bond donors (Lipinski definition) is 3. The average molecular weight is 249 g/mol. The fourth-order valence-corrected chi connectivity index (χ4v) is 2.80. The van der Waals surface area contributed by atoms with Crippen molar-refractivity contribution < 1.29 is 20.1 Å². The van der Waals surface area contributed by atoms with Gasteiger partial charge in [-0.1, -0.05) is 0 Å². The summed E-state index contributed by atoms with van der Waals surface area (Å²) in [5.41, 5.74) is 0.374. The van der Waals surface area contributed by atoms with Crippen molar-refractivity contribution in [2.45, 2.75) is 13.0 Å². The molecule has 0 spiro atoms. The second-order valence-electron chi connectivity index (χ2n) is 5.28. The monoisotopic (exact) mass is 249 g/mol. The van der Waals surface area contributed by atoms with Crippen LogP contribution in [0, 0.1) is 11.3 Å². The van der Waals surface area contributed by atoms with Crippen LogP contribution in [0.1, 0.15) is 12.0 Å². The maximum absolute atomic E-state index is 12.0. The number of likely N-dealkylation sites (tertiary alicyclic amines) is 1. The quantitative estimate of drug-likeness (QED) is 0.726. The van der Waals surface area contributed by atoms with Gasteiger partial charge in [0.25, 0.3) is 0 Å². The average Bonchev–Trinajstić information content (AvgIpc) is 2.99. The summed E-state index contributed by atoms with van der Waals surface area (Å²) in [6.07, 6.45) is 0.778. The molecule has 1 aliphatic heterocycles. The van der Waals surface area contributed by atoms with Crippen LogP contribution in [0.15, 0.2) is 18.2 Å². The van der Waals surface area contributed by atoms with E-state index >= 15 is 0 Å². The molecule has 2 unspecified atom stereocenters. The molecule has 1 aromatic rings. The number of phenolic OH excluding ortho intramolecular Hbond substituents is 2. The predicted molar refractivity (Wildman–Crippen MR) is 62.8 cm³/mol. The molecule has 2 atom stereocenters. The van der Waals surface area contributed by atoms with E-state index in [9.17, 15) is 20.1 Å². The Hall–Kier alpha value is -1.75. The van der Waals surface area contributed by atoms with Crippen molar-refractivity contribution >= 4 is 5.91 Å². The molecule has 1 aromatic carbocycles. The molecule has 1 saturated carbocycles. The molecule has 2 aliphatic rings. The second kappa shape index (κ2) is 3.62. The van der Waals surface area contributed by atoms with Crippen molar-refractivity contribution in [3.63, 3.8) is 0 Å². The summed E-state index contributed by atoms with van der Waals surface area (Å²) in [4.78, 5) is 13.6. The summed E-state index contributed by atoms with van der Waals surface area (Å²) in [6.45, 7) is 0.915. The normalized spacial score (nSPS) is 29.5. The molecule has 0 bridgehead atoms. The molecular weight excluding hydrogens is 234 g/mol. The molecule has 18 heavy (non-hydrogen) atoms. The first-order valence-electron chi connectivity index (χ1n) is 5.96. The lowest BCUT2D eigenvalue weighted by Gasteiger charge is -2.20. The second-order valence-corrected chi connectivity index (χ2v) is 5.28. The Balaban J connectivity index is 1.76. The maximum atomic E-state index is 12.0. The maximum Gasteiger partial charge on any atom is 0.226 e. The van der Waals surface area contributed by atoms with Gasteiger partial charge in [0.15, 0.2) is 0 Å². The van der Waals surface area contributed by atoms with Crippen LogP contribution in [0.25, 0.3) is 0 Å². The number of aromatic hydroxyl groups is 2. The van der Waals surface area contributed by atoms with Gasteiger partial charge in [-0.15, -0.1) is 0 Å². The third-order valence-electron chi connectivity index (χ3n) is 4.05. The zero-order valence-corrected chi connectivity index (χ0v) is 9.83. The zero-order valence-electron chi connectivity index (χ0n) is 9.83. The molecule has 1 aliphatic carbocycles. The van der Waals surface area contributed by atoms with Crippen LogP contribution in [0.3, 0.4) is 0 Å². The van der Waals surface area contributed by atoms with Crippen molar-refractivity contribution in [2.75, 3.05) is 13.2 Å². The number of phenols is 2. The van der Waals surface area contributed by atoms with E-state index in [0.29, 0.717) is 18.7 Å². The van der Waals surface area contributed by atoms with E-state index in [1.165, 1.54) is 12.1 Å². The van der Waals surface area contributed by atoms with E-state index in [-0.39, 0.29) is 35.3 Å². The Labute approximate surface area is 104 Å². The van der Waals surface area contributed by atoms with Crippen LogP contribution < -0.4 is 0 Å². The smallest absolute Gasteiger partial charge is 0.226 e. The van der Waals surface area contributed by atoms with E-state index in [0.717, 1.165) is 6.42 Å². The molecule has 3 rings (SSSR count). The molecule has 2 fully saturated rings. The van der Waals surface area contributed by atoms with Crippen molar-refractivity contribution in [3.05, 3.63) is 23.8 Å². The SMILES string of the molecule is O=C1C2CC2(CO)CN1Cc1ccc(O)cc1O. The number of carbonyl (C=O) groups is 1. The summed E-state index contributed by atoms with van der Waals surface area (Å²) in [6, 6.07) is 4.35. The van der Waals surface area contributed by atoms with E-state index in [1.807, 2.05) is 0 Å². The molecule has 0 radical (unpaired) electrons. The van der Waals surface area contributed by atoms with Crippen molar-refractivity contribution in [3.8, 4) is 11.5 Å². The van der Waals surface area contributed by atoms with Crippen LogP contribution >= 0.6 is 0 Å². The first-order valence-corrected chi connectivity index (χ1v) is 5.96. The van der Waals surface area contributed by atoms with Gasteiger partial charge in [0.2, 0.25) is 5.91 Å². The number of hydrogen-bond acceptors (Lipinski definition) is 4. The lowest BCUT2D eigenvalue weighted by molar-refractivity contribution is -0.130. The summed E-state index contributed by atoms with van der Waals surface area (Å²) in [5, 5.41) is 28.2. The minimum atomic E-state index is -0.233. The van der Waals surface area contributed by atoms with E-state index in [4.69, 9.17) is 0 Å². The fraction of sp³-hybridized carbons (Fsp3) is 0.462. The number of aliphatic hydroxyl groups is 1. The van der Waals surface area contributed by atoms with Gasteiger partial charge in [0, 0.05) is 36.1 Å². The predicted octanol–water partition coefficient (Wildman–Crippen LogP) is 0.439. The summed E-state index contributed by atoms with van der Waals surface area (Å²) >= 11 is 0. The Kier molecular flexibility index (Phi) is 2.28. The van der Waals surface area contributed by atoms with E-state index < -0.39 is 0 Å². The molecule has 5 nitrogen and oxygen atoms in total. The Morgan fingerprint density at radius 2 is 2.17 bits per heavy atom. The van der Waals surface area contributed by atoms with Crippen LogP contribution in [0.5, 0.6) is 11.5 Å². The van der Waals surface area contributed by atoms with Crippen LogP contribution in [-0.4, -0.2) is 39.3 Å². The van der Waals surface area contributed by atoms with Gasteiger partial charge in [0.1, 0.15) is 11.5 Å². The Bertz CT molecular complexity index is 516. The number of benzene rings is 1. The van der Waals surface area contributed by atoms with Gasteiger partial charge < -0.3 is 20.2 Å². The van der Waals surface area contributed by atoms with Crippen LogP contribution in [-0.2, 0) is 11.3 Å². The molecule has 1 heterocycles. The number of nitrogens with zero attached hydrogens (tertiary/aromatic N) is 1. The van der Waals surface area contributed by atoms with Gasteiger partial charge in [0.05, 0.1) is 6.61 Å². The van der Waals surface area contributed by atoms with Gasteiger partial charge >= 0.3 is 0 Å². The van der Waals surface area contributed by atoms with Crippen LogP contribution in [0.2, 0.25) is 0 Å². The topological polar surface area (TPSA) is 81.0 Å². The lowest BCUT2D eigenvalue weighted by atomic mass is 10.1. The zero-order chi connectivity index (χ0) is 12.9. The minimum absolute atomic E-state index is 0.00123. The summed E-state index contributed by atoms with van der Waals surface area (Å²) < 4.78 is 0. The van der Waals surface area contributed by atoms with Gasteiger partial charge in [-0.3, -0.25) is 4.79 Å². The molecule has 1 amide bonds. The highest BCUT2D eigenvalue weighted by atomic mass is 16.3. The summed E-state index contributed by atoms with van der Waals surface area (Å²) in [7, 11) is 0. The molecule has 0 aromatic heterocycles. The molecular formula is C13H15NO4. The Morgan fingerprint density at radius 1 is 1.39 bits per heavy atom. The number of rotatable bonds is 3. The van der Waals surface area contributed by atoms with Crippen molar-refractivity contribution in [1.82, 2.24) is 4.90 Å².